The molecule has 1 N–H and O–H groups in total. The number of benzene rings is 1. The molecule has 1 aromatic carbocycles. The number of ether oxygens (including phenoxy) is 3. The quantitative estimate of drug-likeness (QED) is 0.847. The Labute approximate surface area is 151 Å². The van der Waals surface area contributed by atoms with Gasteiger partial charge in [0.1, 0.15) is 12.8 Å². The minimum absolute atomic E-state index is 0.0915. The van der Waals surface area contributed by atoms with Gasteiger partial charge in [-0.3, -0.25) is 14.2 Å². The monoisotopic (exact) mass is 377 g/mol. The predicted molar refractivity (Wildman–Crippen MR) is 90.3 cm³/mol. The zero-order chi connectivity index (χ0) is 19.0. The van der Waals surface area contributed by atoms with Crippen molar-refractivity contribution < 1.29 is 23.4 Å². The van der Waals surface area contributed by atoms with Gasteiger partial charge in [-0.05, 0) is 25.0 Å². The van der Waals surface area contributed by atoms with Crippen LogP contribution in [0.25, 0.3) is 0 Å². The van der Waals surface area contributed by atoms with Gasteiger partial charge in [-0.1, -0.05) is 0 Å². The van der Waals surface area contributed by atoms with Gasteiger partial charge in [-0.15, -0.1) is 0 Å². The van der Waals surface area contributed by atoms with Crippen LogP contribution in [0.4, 0.5) is 10.1 Å². The average Bonchev–Trinajstić information content (AvgIpc) is 3.33. The van der Waals surface area contributed by atoms with E-state index >= 15 is 0 Å². The fourth-order valence-electron chi connectivity index (χ4n) is 3.03. The van der Waals surface area contributed by atoms with Gasteiger partial charge in [-0.2, -0.15) is 4.39 Å². The van der Waals surface area contributed by atoms with Gasteiger partial charge in [0, 0.05) is 18.4 Å². The summed E-state index contributed by atoms with van der Waals surface area (Å²) in [4.78, 5) is 36.8. The van der Waals surface area contributed by atoms with Crippen molar-refractivity contribution in [2.24, 2.45) is 0 Å². The van der Waals surface area contributed by atoms with Gasteiger partial charge in [0.15, 0.2) is 11.5 Å². The minimum Gasteiger partial charge on any atom is -0.454 e. The predicted octanol–water partition coefficient (Wildman–Crippen LogP) is 0.825. The summed E-state index contributed by atoms with van der Waals surface area (Å²) in [6.45, 7) is -0.0900. The van der Waals surface area contributed by atoms with Crippen molar-refractivity contribution in [3.05, 3.63) is 51.1 Å². The number of nitrogens with zero attached hydrogens (tertiary/aromatic N) is 2. The fourth-order valence-corrected chi connectivity index (χ4v) is 3.03. The molecule has 3 heterocycles. The van der Waals surface area contributed by atoms with Crippen molar-refractivity contribution in [1.29, 1.82) is 0 Å². The number of hydrogen-bond donors (Lipinski definition) is 1. The molecule has 2 aromatic rings. The summed E-state index contributed by atoms with van der Waals surface area (Å²) < 4.78 is 31.3. The van der Waals surface area contributed by atoms with E-state index in [1.807, 2.05) is 0 Å². The summed E-state index contributed by atoms with van der Waals surface area (Å²) in [5, 5.41) is 2.55. The van der Waals surface area contributed by atoms with Crippen LogP contribution in [0.15, 0.2) is 34.0 Å². The molecule has 142 valence electrons. The zero-order valence-corrected chi connectivity index (χ0v) is 14.1. The van der Waals surface area contributed by atoms with Crippen LogP contribution in [-0.2, 0) is 16.1 Å². The molecular weight excluding hydrogens is 361 g/mol. The molecule has 4 rings (SSSR count). The Balaban J connectivity index is 1.57. The number of carbonyl (C=O) groups excluding carboxylic acids is 1. The number of anilines is 1. The number of amides is 1. The molecule has 0 saturated carbocycles. The molecule has 1 saturated heterocycles. The molecule has 0 unspecified atom stereocenters. The molecule has 0 radical (unpaired) electrons. The minimum atomic E-state index is -1.16. The molecule has 2 aliphatic rings. The van der Waals surface area contributed by atoms with Crippen LogP contribution >= 0.6 is 0 Å². The highest BCUT2D eigenvalue weighted by molar-refractivity contribution is 5.90. The van der Waals surface area contributed by atoms with Crippen LogP contribution in [0.3, 0.4) is 0 Å². The third-order valence-electron chi connectivity index (χ3n) is 4.33. The van der Waals surface area contributed by atoms with Crippen LogP contribution < -0.4 is 26.0 Å². The van der Waals surface area contributed by atoms with Gasteiger partial charge in [0.05, 0.1) is 6.20 Å². The van der Waals surface area contributed by atoms with E-state index in [-0.39, 0.29) is 6.79 Å². The van der Waals surface area contributed by atoms with Gasteiger partial charge < -0.3 is 19.5 Å². The van der Waals surface area contributed by atoms with E-state index < -0.39 is 35.7 Å². The lowest BCUT2D eigenvalue weighted by Gasteiger charge is -2.15. The lowest BCUT2D eigenvalue weighted by atomic mass is 10.3. The second kappa shape index (κ2) is 6.88. The third kappa shape index (κ3) is 3.31. The molecule has 1 atom stereocenters. The topological polar surface area (TPSA) is 101 Å². The number of carbonyl (C=O) groups is 1. The first kappa shape index (κ1) is 17.3. The molecule has 1 fully saturated rings. The smallest absolute Gasteiger partial charge is 0.333 e. The Morgan fingerprint density at radius 2 is 2.07 bits per heavy atom. The van der Waals surface area contributed by atoms with Crippen LogP contribution in [0.1, 0.15) is 19.1 Å². The number of rotatable bonds is 4. The second-order valence-electron chi connectivity index (χ2n) is 6.14. The Hall–Kier alpha value is -3.14. The van der Waals surface area contributed by atoms with E-state index in [4.69, 9.17) is 14.2 Å². The van der Waals surface area contributed by atoms with Crippen LogP contribution in [-0.4, -0.2) is 28.4 Å². The lowest BCUT2D eigenvalue weighted by Crippen LogP contribution is -2.44. The summed E-state index contributed by atoms with van der Waals surface area (Å²) in [5.41, 5.74) is -1.56. The van der Waals surface area contributed by atoms with Crippen molar-refractivity contribution in [3.63, 3.8) is 0 Å². The van der Waals surface area contributed by atoms with E-state index in [0.29, 0.717) is 34.8 Å². The Bertz CT molecular complexity index is 1010. The van der Waals surface area contributed by atoms with E-state index in [9.17, 15) is 18.8 Å². The first-order chi connectivity index (χ1) is 13.0. The number of halogens is 1. The van der Waals surface area contributed by atoms with Crippen molar-refractivity contribution in [3.8, 4) is 11.5 Å². The highest BCUT2D eigenvalue weighted by Gasteiger charge is 2.23. The van der Waals surface area contributed by atoms with E-state index in [1.165, 1.54) is 0 Å². The fraction of sp³-hybridized carbons (Fsp3) is 0.353. The largest absolute Gasteiger partial charge is 0.454 e. The highest BCUT2D eigenvalue weighted by Crippen LogP contribution is 2.34. The van der Waals surface area contributed by atoms with Crippen molar-refractivity contribution in [1.82, 2.24) is 9.13 Å². The maximum absolute atomic E-state index is 14.0. The van der Waals surface area contributed by atoms with E-state index in [1.54, 1.807) is 18.2 Å². The van der Waals surface area contributed by atoms with E-state index in [2.05, 4.69) is 5.32 Å². The number of nitrogens with one attached hydrogen (secondary N) is 1. The molecular formula is C17H16FN3O6. The van der Waals surface area contributed by atoms with Crippen molar-refractivity contribution in [2.45, 2.75) is 25.6 Å². The summed E-state index contributed by atoms with van der Waals surface area (Å²) in [5.74, 6) is -0.760. The summed E-state index contributed by atoms with van der Waals surface area (Å²) >= 11 is 0. The molecule has 27 heavy (non-hydrogen) atoms. The van der Waals surface area contributed by atoms with Crippen molar-refractivity contribution >= 4 is 11.6 Å². The summed E-state index contributed by atoms with van der Waals surface area (Å²) in [6, 6.07) is 4.76. The van der Waals surface area contributed by atoms with E-state index in [0.717, 1.165) is 17.2 Å². The SMILES string of the molecule is O=C(Cn1c(=O)c(F)cn([C@H]2CCCO2)c1=O)Nc1ccc2c(c1)OCO2. The number of aromatic nitrogens is 2. The summed E-state index contributed by atoms with van der Waals surface area (Å²) in [6.07, 6.45) is 1.44. The molecule has 0 spiro atoms. The molecule has 1 amide bonds. The maximum atomic E-state index is 14.0. The van der Waals surface area contributed by atoms with Gasteiger partial charge in [-0.25, -0.2) is 9.36 Å². The third-order valence-corrected chi connectivity index (χ3v) is 4.33. The Kier molecular flexibility index (Phi) is 4.40. The lowest BCUT2D eigenvalue weighted by molar-refractivity contribution is -0.116. The van der Waals surface area contributed by atoms with Crippen LogP contribution in [0, 0.1) is 5.82 Å². The summed E-state index contributed by atoms with van der Waals surface area (Å²) in [7, 11) is 0. The second-order valence-corrected chi connectivity index (χ2v) is 6.14. The average molecular weight is 377 g/mol. The molecule has 0 aliphatic carbocycles. The maximum Gasteiger partial charge on any atom is 0.333 e. The Morgan fingerprint density at radius 1 is 1.26 bits per heavy atom. The molecule has 10 heteroatoms. The first-order valence-electron chi connectivity index (χ1n) is 8.35. The molecule has 9 nitrogen and oxygen atoms in total. The molecule has 1 aromatic heterocycles. The first-order valence-corrected chi connectivity index (χ1v) is 8.35. The van der Waals surface area contributed by atoms with Gasteiger partial charge in [0.25, 0.3) is 5.56 Å². The zero-order valence-electron chi connectivity index (χ0n) is 14.1. The molecule has 0 bridgehead atoms. The number of hydrogen-bond acceptors (Lipinski definition) is 6. The van der Waals surface area contributed by atoms with Gasteiger partial charge in [0.2, 0.25) is 18.5 Å². The van der Waals surface area contributed by atoms with Gasteiger partial charge >= 0.3 is 5.69 Å². The molecule has 2 aliphatic heterocycles. The van der Waals surface area contributed by atoms with Crippen LogP contribution in [0.2, 0.25) is 0 Å². The normalized spacial score (nSPS) is 17.9. The standard InChI is InChI=1S/C17H16FN3O6/c18-11-7-20(15-2-1-5-25-15)17(24)21(16(11)23)8-14(22)19-10-3-4-12-13(6-10)27-9-26-12/h3-4,6-7,15H,1-2,5,8-9H2,(H,19,22)/t15-/m1/s1. The highest BCUT2D eigenvalue weighted by atomic mass is 19.1. The van der Waals surface area contributed by atoms with Crippen LogP contribution in [0.5, 0.6) is 11.5 Å². The number of fused-ring (bicyclic) bond motifs is 1. The Morgan fingerprint density at radius 3 is 2.85 bits per heavy atom. The van der Waals surface area contributed by atoms with Crippen molar-refractivity contribution in [2.75, 3.05) is 18.7 Å².